The van der Waals surface area contributed by atoms with Gasteiger partial charge in [0.2, 0.25) is 0 Å². The normalized spacial score (nSPS) is 20.4. The van der Waals surface area contributed by atoms with Gasteiger partial charge in [0.1, 0.15) is 5.69 Å². The van der Waals surface area contributed by atoms with Crippen LogP contribution < -0.4 is 5.32 Å². The van der Waals surface area contributed by atoms with E-state index in [1.165, 1.54) is 0 Å². The molecule has 1 fully saturated rings. The second-order valence-corrected chi connectivity index (χ2v) is 6.54. The molecule has 1 amide bonds. The minimum Gasteiger partial charge on any atom is -0.387 e. The molecule has 2 heterocycles. The van der Waals surface area contributed by atoms with Crippen molar-refractivity contribution in [3.8, 4) is 11.3 Å². The van der Waals surface area contributed by atoms with Crippen molar-refractivity contribution in [2.24, 2.45) is 0 Å². The van der Waals surface area contributed by atoms with E-state index in [-0.39, 0.29) is 23.7 Å². The smallest absolute Gasteiger partial charge is 0.273 e. The maximum Gasteiger partial charge on any atom is 0.273 e. The van der Waals surface area contributed by atoms with Crippen LogP contribution in [-0.2, 0) is 0 Å². The van der Waals surface area contributed by atoms with E-state index in [0.717, 1.165) is 18.4 Å². The third kappa shape index (κ3) is 3.23. The molecular weight excluding hydrogens is 334 g/mol. The molecule has 26 heavy (non-hydrogen) atoms. The topological polar surface area (TPSA) is 106 Å². The third-order valence-electron chi connectivity index (χ3n) is 4.58. The Morgan fingerprint density at radius 2 is 2.12 bits per heavy atom. The van der Waals surface area contributed by atoms with Crippen LogP contribution >= 0.6 is 0 Å². The SMILES string of the molecule is CC(O)c1cn(C2CC(NC(=O)c3cc(-c4ccccc4)on3)C2)nn1. The van der Waals surface area contributed by atoms with Crippen LogP contribution in [0.3, 0.4) is 0 Å². The first-order valence-electron chi connectivity index (χ1n) is 8.53. The first-order valence-corrected chi connectivity index (χ1v) is 8.53. The van der Waals surface area contributed by atoms with Gasteiger partial charge < -0.3 is 14.9 Å². The molecule has 8 heteroatoms. The molecule has 1 aliphatic carbocycles. The molecule has 8 nitrogen and oxygen atoms in total. The lowest BCUT2D eigenvalue weighted by molar-refractivity contribution is 0.0878. The molecule has 1 aromatic carbocycles. The molecule has 1 aliphatic rings. The zero-order chi connectivity index (χ0) is 18.1. The summed E-state index contributed by atoms with van der Waals surface area (Å²) in [6, 6.07) is 11.4. The molecule has 1 unspecified atom stereocenters. The number of rotatable bonds is 5. The van der Waals surface area contributed by atoms with Gasteiger partial charge in [0.05, 0.1) is 18.3 Å². The number of aromatic nitrogens is 4. The number of nitrogens with one attached hydrogen (secondary N) is 1. The molecule has 1 saturated carbocycles. The van der Waals surface area contributed by atoms with E-state index in [0.29, 0.717) is 11.5 Å². The second kappa shape index (κ2) is 6.72. The number of benzene rings is 1. The van der Waals surface area contributed by atoms with Crippen LogP contribution in [0.1, 0.15) is 48.1 Å². The number of aliphatic hydroxyl groups is 1. The Bertz CT molecular complexity index is 896. The number of hydrogen-bond donors (Lipinski definition) is 2. The molecule has 0 bridgehead atoms. The van der Waals surface area contributed by atoms with Crippen molar-refractivity contribution in [2.45, 2.75) is 38.0 Å². The first kappa shape index (κ1) is 16.5. The van der Waals surface area contributed by atoms with Crippen molar-refractivity contribution < 1.29 is 14.4 Å². The molecule has 4 rings (SSSR count). The molecule has 0 aliphatic heterocycles. The highest BCUT2D eigenvalue weighted by molar-refractivity contribution is 5.93. The van der Waals surface area contributed by atoms with Crippen LogP contribution in [0.15, 0.2) is 47.1 Å². The van der Waals surface area contributed by atoms with Gasteiger partial charge in [-0.3, -0.25) is 4.79 Å². The largest absolute Gasteiger partial charge is 0.387 e. The van der Waals surface area contributed by atoms with E-state index < -0.39 is 6.10 Å². The lowest BCUT2D eigenvalue weighted by Crippen LogP contribution is -2.45. The van der Waals surface area contributed by atoms with Crippen LogP contribution in [0.4, 0.5) is 0 Å². The number of nitrogens with zero attached hydrogens (tertiary/aromatic N) is 4. The molecule has 0 spiro atoms. The summed E-state index contributed by atoms with van der Waals surface area (Å²) in [6.07, 6.45) is 2.64. The maximum absolute atomic E-state index is 12.3. The summed E-state index contributed by atoms with van der Waals surface area (Å²) < 4.78 is 7.01. The van der Waals surface area contributed by atoms with Crippen molar-refractivity contribution in [2.75, 3.05) is 0 Å². The molecule has 2 aromatic heterocycles. The lowest BCUT2D eigenvalue weighted by atomic mass is 9.87. The van der Waals surface area contributed by atoms with Crippen molar-refractivity contribution in [3.05, 3.63) is 54.0 Å². The van der Waals surface area contributed by atoms with Gasteiger partial charge in [-0.1, -0.05) is 40.7 Å². The summed E-state index contributed by atoms with van der Waals surface area (Å²) >= 11 is 0. The monoisotopic (exact) mass is 353 g/mol. The zero-order valence-corrected chi connectivity index (χ0v) is 14.2. The molecule has 1 atom stereocenters. The average Bonchev–Trinajstić information content (AvgIpc) is 3.28. The zero-order valence-electron chi connectivity index (χ0n) is 14.2. The fourth-order valence-corrected chi connectivity index (χ4v) is 2.96. The highest BCUT2D eigenvalue weighted by Crippen LogP contribution is 2.32. The van der Waals surface area contributed by atoms with Crippen molar-refractivity contribution >= 4 is 5.91 Å². The van der Waals surface area contributed by atoms with Gasteiger partial charge in [0.15, 0.2) is 11.5 Å². The summed E-state index contributed by atoms with van der Waals surface area (Å²) in [7, 11) is 0. The fraction of sp³-hybridized carbons (Fsp3) is 0.333. The Balaban J connectivity index is 1.33. The number of carbonyl (C=O) groups is 1. The van der Waals surface area contributed by atoms with Crippen molar-refractivity contribution in [3.63, 3.8) is 0 Å². The van der Waals surface area contributed by atoms with Crippen LogP contribution in [0, 0.1) is 0 Å². The number of hydrogen-bond acceptors (Lipinski definition) is 6. The molecular formula is C18H19N5O3. The quantitative estimate of drug-likeness (QED) is 0.728. The average molecular weight is 353 g/mol. The Hall–Kier alpha value is -3.00. The molecule has 0 saturated heterocycles. The summed E-state index contributed by atoms with van der Waals surface area (Å²) in [5.41, 5.74) is 1.70. The summed E-state index contributed by atoms with van der Waals surface area (Å²) in [5.74, 6) is 0.318. The Morgan fingerprint density at radius 3 is 2.81 bits per heavy atom. The van der Waals surface area contributed by atoms with Gasteiger partial charge in [-0.05, 0) is 19.8 Å². The van der Waals surface area contributed by atoms with Gasteiger partial charge >= 0.3 is 0 Å². The Labute approximate surface area is 149 Å². The minimum absolute atomic E-state index is 0.0589. The van der Waals surface area contributed by atoms with E-state index in [1.807, 2.05) is 30.3 Å². The predicted molar refractivity (Wildman–Crippen MR) is 92.1 cm³/mol. The highest BCUT2D eigenvalue weighted by Gasteiger charge is 2.33. The Morgan fingerprint density at radius 1 is 1.35 bits per heavy atom. The predicted octanol–water partition coefficient (Wildman–Crippen LogP) is 2.12. The van der Waals surface area contributed by atoms with Crippen LogP contribution in [0.2, 0.25) is 0 Å². The molecule has 3 aromatic rings. The minimum atomic E-state index is -0.634. The van der Waals surface area contributed by atoms with Crippen molar-refractivity contribution in [1.82, 2.24) is 25.5 Å². The number of aliphatic hydroxyl groups excluding tert-OH is 1. The molecule has 134 valence electrons. The summed E-state index contributed by atoms with van der Waals surface area (Å²) in [6.45, 7) is 1.65. The summed E-state index contributed by atoms with van der Waals surface area (Å²) in [4.78, 5) is 12.3. The van der Waals surface area contributed by atoms with Crippen molar-refractivity contribution in [1.29, 1.82) is 0 Å². The molecule has 0 radical (unpaired) electrons. The van der Waals surface area contributed by atoms with Gasteiger partial charge in [0, 0.05) is 17.7 Å². The van der Waals surface area contributed by atoms with Gasteiger partial charge in [-0.2, -0.15) is 0 Å². The van der Waals surface area contributed by atoms with E-state index in [2.05, 4.69) is 20.8 Å². The van der Waals surface area contributed by atoms with E-state index >= 15 is 0 Å². The van der Waals surface area contributed by atoms with Crippen LogP contribution in [0.5, 0.6) is 0 Å². The number of amides is 1. The maximum atomic E-state index is 12.3. The van der Waals surface area contributed by atoms with E-state index in [1.54, 1.807) is 23.9 Å². The van der Waals surface area contributed by atoms with Gasteiger partial charge in [-0.15, -0.1) is 5.10 Å². The third-order valence-corrected chi connectivity index (χ3v) is 4.58. The number of carbonyl (C=O) groups excluding carboxylic acids is 1. The second-order valence-electron chi connectivity index (χ2n) is 6.54. The van der Waals surface area contributed by atoms with E-state index in [4.69, 9.17) is 4.52 Å². The standard InChI is InChI=1S/C18H19N5O3/c1-11(24)16-10-23(22-20-16)14-7-13(8-14)19-18(25)15-9-17(26-21-15)12-5-3-2-4-6-12/h2-6,9-11,13-14,24H,7-8H2,1H3,(H,19,25). The Kier molecular flexibility index (Phi) is 4.26. The van der Waals surface area contributed by atoms with Gasteiger partial charge in [0.25, 0.3) is 5.91 Å². The molecule has 2 N–H and O–H groups in total. The summed E-state index contributed by atoms with van der Waals surface area (Å²) in [5, 5.41) is 24.3. The van der Waals surface area contributed by atoms with E-state index in [9.17, 15) is 9.90 Å². The highest BCUT2D eigenvalue weighted by atomic mass is 16.5. The fourth-order valence-electron chi connectivity index (χ4n) is 2.96. The van der Waals surface area contributed by atoms with Gasteiger partial charge in [-0.25, -0.2) is 4.68 Å². The van der Waals surface area contributed by atoms with Crippen LogP contribution in [0.25, 0.3) is 11.3 Å². The van der Waals surface area contributed by atoms with Crippen LogP contribution in [-0.4, -0.2) is 37.2 Å². The first-order chi connectivity index (χ1) is 12.6. The lowest BCUT2D eigenvalue weighted by Gasteiger charge is -2.35.